The molecule has 2 amide bonds. The van der Waals surface area contributed by atoms with Gasteiger partial charge in [0, 0.05) is 49.1 Å². The fourth-order valence-corrected chi connectivity index (χ4v) is 4.88. The highest BCUT2D eigenvalue weighted by Gasteiger charge is 2.46. The number of ether oxygens (including phenoxy) is 1. The Balaban J connectivity index is 1.37. The first-order valence-corrected chi connectivity index (χ1v) is 11.9. The number of halogens is 4. The maximum Gasteiger partial charge on any atom is 0.416 e. The number of benzene rings is 2. The van der Waals surface area contributed by atoms with E-state index in [1.54, 1.807) is 30.3 Å². The standard InChI is InChI=1S/C24H28ClF3N4O4/c25-16-4-2-5-17(12-16)30-23(35)29-13-19-21(22(34)20(14-33)36-19)32-9-7-31(8-10-32)18-6-1-3-15(11-18)24(26,27)28/h1-6,11-12,19-22,33-34H,7-10,13-14H2,(H2,29,30,35)/t19-,20+,21+,22-/m1/s1. The maximum absolute atomic E-state index is 13.1. The summed E-state index contributed by atoms with van der Waals surface area (Å²) >= 11 is 5.94. The van der Waals surface area contributed by atoms with Gasteiger partial charge in [-0.3, -0.25) is 4.90 Å². The summed E-state index contributed by atoms with van der Waals surface area (Å²) in [5, 5.41) is 26.3. The van der Waals surface area contributed by atoms with Crippen LogP contribution in [0.1, 0.15) is 5.56 Å². The molecule has 4 rings (SSSR count). The molecule has 196 valence electrons. The third-order valence-corrected chi connectivity index (χ3v) is 6.70. The molecule has 0 saturated carbocycles. The second kappa shape index (κ2) is 11.2. The van der Waals surface area contributed by atoms with E-state index in [4.69, 9.17) is 16.3 Å². The Morgan fingerprint density at radius 2 is 1.81 bits per heavy atom. The molecule has 0 radical (unpaired) electrons. The van der Waals surface area contributed by atoms with Crippen molar-refractivity contribution in [2.24, 2.45) is 0 Å². The molecule has 2 aromatic carbocycles. The van der Waals surface area contributed by atoms with Crippen molar-refractivity contribution in [1.82, 2.24) is 10.2 Å². The number of urea groups is 1. The van der Waals surface area contributed by atoms with Crippen LogP contribution in [0.25, 0.3) is 0 Å². The molecule has 0 bridgehead atoms. The van der Waals surface area contributed by atoms with Crippen LogP contribution >= 0.6 is 11.6 Å². The summed E-state index contributed by atoms with van der Waals surface area (Å²) in [6, 6.07) is 10.9. The molecule has 2 saturated heterocycles. The largest absolute Gasteiger partial charge is 0.416 e. The Hall–Kier alpha value is -2.57. The van der Waals surface area contributed by atoms with Gasteiger partial charge >= 0.3 is 12.2 Å². The van der Waals surface area contributed by atoms with Crippen LogP contribution in [0, 0.1) is 0 Å². The van der Waals surface area contributed by atoms with Crippen LogP contribution < -0.4 is 15.5 Å². The average Bonchev–Trinajstić information content (AvgIpc) is 3.17. The number of nitrogens with one attached hydrogen (secondary N) is 2. The second-order valence-corrected chi connectivity index (χ2v) is 9.23. The highest BCUT2D eigenvalue weighted by atomic mass is 35.5. The third kappa shape index (κ3) is 6.22. The summed E-state index contributed by atoms with van der Waals surface area (Å²) in [5.74, 6) is 0. The Morgan fingerprint density at radius 1 is 1.08 bits per heavy atom. The fraction of sp³-hybridized carbons (Fsp3) is 0.458. The van der Waals surface area contributed by atoms with Gasteiger partial charge in [0.2, 0.25) is 0 Å². The van der Waals surface area contributed by atoms with Crippen molar-refractivity contribution >= 4 is 29.0 Å². The number of piperazine rings is 1. The predicted octanol–water partition coefficient (Wildman–Crippen LogP) is 2.79. The van der Waals surface area contributed by atoms with E-state index in [0.29, 0.717) is 42.6 Å². The molecule has 2 aliphatic heterocycles. The third-order valence-electron chi connectivity index (χ3n) is 6.46. The number of carbonyl (C=O) groups is 1. The van der Waals surface area contributed by atoms with Crippen LogP contribution in [0.4, 0.5) is 29.3 Å². The van der Waals surface area contributed by atoms with Gasteiger partial charge in [-0.25, -0.2) is 4.79 Å². The summed E-state index contributed by atoms with van der Waals surface area (Å²) in [4.78, 5) is 16.2. The smallest absolute Gasteiger partial charge is 0.394 e. The Morgan fingerprint density at radius 3 is 2.47 bits per heavy atom. The van der Waals surface area contributed by atoms with Crippen LogP contribution in [-0.4, -0.2) is 84.8 Å². The van der Waals surface area contributed by atoms with E-state index in [1.165, 1.54) is 6.07 Å². The van der Waals surface area contributed by atoms with Gasteiger partial charge in [-0.2, -0.15) is 13.2 Å². The average molecular weight is 529 g/mol. The first-order valence-electron chi connectivity index (χ1n) is 11.6. The molecule has 4 N–H and O–H groups in total. The van der Waals surface area contributed by atoms with Gasteiger partial charge < -0.3 is 30.5 Å². The number of aliphatic hydroxyl groups is 2. The minimum Gasteiger partial charge on any atom is -0.394 e. The molecule has 2 fully saturated rings. The monoisotopic (exact) mass is 528 g/mol. The molecule has 36 heavy (non-hydrogen) atoms. The highest BCUT2D eigenvalue weighted by Crippen LogP contribution is 2.32. The number of rotatable bonds is 6. The van der Waals surface area contributed by atoms with Crippen LogP contribution in [0.2, 0.25) is 5.02 Å². The number of anilines is 2. The van der Waals surface area contributed by atoms with Crippen molar-refractivity contribution in [1.29, 1.82) is 0 Å². The number of nitrogens with zero attached hydrogens (tertiary/aromatic N) is 2. The topological polar surface area (TPSA) is 97.3 Å². The summed E-state index contributed by atoms with van der Waals surface area (Å²) in [6.07, 6.45) is -6.80. The van der Waals surface area contributed by atoms with E-state index in [-0.39, 0.29) is 13.2 Å². The zero-order valence-corrected chi connectivity index (χ0v) is 20.0. The van der Waals surface area contributed by atoms with Gasteiger partial charge in [-0.05, 0) is 36.4 Å². The molecule has 0 aliphatic carbocycles. The highest BCUT2D eigenvalue weighted by molar-refractivity contribution is 6.30. The molecule has 0 aromatic heterocycles. The molecule has 2 heterocycles. The lowest BCUT2D eigenvalue weighted by Gasteiger charge is -2.41. The van der Waals surface area contributed by atoms with Crippen molar-refractivity contribution in [2.45, 2.75) is 30.5 Å². The minimum atomic E-state index is -4.41. The van der Waals surface area contributed by atoms with E-state index in [0.717, 1.165) is 12.1 Å². The Labute approximate surface area is 211 Å². The zero-order chi connectivity index (χ0) is 25.9. The molecule has 12 heteroatoms. The van der Waals surface area contributed by atoms with E-state index < -0.39 is 42.1 Å². The summed E-state index contributed by atoms with van der Waals surface area (Å²) in [7, 11) is 0. The van der Waals surface area contributed by atoms with E-state index in [1.807, 2.05) is 9.80 Å². The number of carbonyl (C=O) groups excluding carboxylic acids is 1. The van der Waals surface area contributed by atoms with Crippen LogP contribution in [0.5, 0.6) is 0 Å². The number of amides is 2. The van der Waals surface area contributed by atoms with E-state index >= 15 is 0 Å². The lowest BCUT2D eigenvalue weighted by Crippen LogP contribution is -2.57. The van der Waals surface area contributed by atoms with Gasteiger partial charge in [-0.1, -0.05) is 23.7 Å². The second-order valence-electron chi connectivity index (χ2n) is 8.79. The van der Waals surface area contributed by atoms with Crippen LogP contribution in [0.3, 0.4) is 0 Å². The lowest BCUT2D eigenvalue weighted by atomic mass is 10.0. The maximum atomic E-state index is 13.1. The van der Waals surface area contributed by atoms with Gasteiger partial charge in [0.25, 0.3) is 0 Å². The Kier molecular flexibility index (Phi) is 8.26. The van der Waals surface area contributed by atoms with Gasteiger partial charge in [-0.15, -0.1) is 0 Å². The van der Waals surface area contributed by atoms with E-state index in [9.17, 15) is 28.2 Å². The molecule has 0 spiro atoms. The molecule has 8 nitrogen and oxygen atoms in total. The van der Waals surface area contributed by atoms with E-state index in [2.05, 4.69) is 10.6 Å². The summed E-state index contributed by atoms with van der Waals surface area (Å²) < 4.78 is 45.1. The number of aliphatic hydroxyl groups excluding tert-OH is 2. The fourth-order valence-electron chi connectivity index (χ4n) is 4.69. The van der Waals surface area contributed by atoms with Crippen molar-refractivity contribution in [2.75, 3.05) is 49.5 Å². The number of hydrogen-bond donors (Lipinski definition) is 4. The van der Waals surface area contributed by atoms with Gasteiger partial charge in [0.05, 0.1) is 24.3 Å². The first-order chi connectivity index (χ1) is 17.2. The SMILES string of the molecule is O=C(NC[C@H]1O[C@@H](CO)[C@@H](O)[C@H]1N1CCN(c2cccc(C(F)(F)F)c2)CC1)Nc1cccc(Cl)c1. The summed E-state index contributed by atoms with van der Waals surface area (Å²) in [6.45, 7) is 1.52. The van der Waals surface area contributed by atoms with Crippen LogP contribution in [-0.2, 0) is 10.9 Å². The van der Waals surface area contributed by atoms with Gasteiger partial charge in [0.15, 0.2) is 0 Å². The Bertz CT molecular complexity index is 1050. The molecule has 0 unspecified atom stereocenters. The van der Waals surface area contributed by atoms with Crippen LogP contribution in [0.15, 0.2) is 48.5 Å². The van der Waals surface area contributed by atoms with Crippen molar-refractivity contribution in [3.8, 4) is 0 Å². The normalized spacial score (nSPS) is 25.1. The first kappa shape index (κ1) is 26.5. The predicted molar refractivity (Wildman–Crippen MR) is 129 cm³/mol. The molecular weight excluding hydrogens is 501 g/mol. The molecule has 2 aliphatic rings. The summed E-state index contributed by atoms with van der Waals surface area (Å²) in [5.41, 5.74) is 0.301. The molecule has 2 aromatic rings. The van der Waals surface area contributed by atoms with Crippen molar-refractivity contribution in [3.05, 3.63) is 59.1 Å². The lowest BCUT2D eigenvalue weighted by molar-refractivity contribution is -0.137. The quantitative estimate of drug-likeness (QED) is 0.460. The molecule has 4 atom stereocenters. The minimum absolute atomic E-state index is 0.0818. The van der Waals surface area contributed by atoms with Gasteiger partial charge in [0.1, 0.15) is 12.2 Å². The number of alkyl halides is 3. The zero-order valence-electron chi connectivity index (χ0n) is 19.3. The number of hydrogen-bond acceptors (Lipinski definition) is 6. The molecular formula is C24H28ClF3N4O4. The van der Waals surface area contributed by atoms with Crippen molar-refractivity contribution < 1.29 is 32.9 Å². The van der Waals surface area contributed by atoms with Crippen molar-refractivity contribution in [3.63, 3.8) is 0 Å².